The third-order valence-corrected chi connectivity index (χ3v) is 3.17. The molecule has 0 saturated heterocycles. The Balaban J connectivity index is 2.35. The lowest BCUT2D eigenvalue weighted by molar-refractivity contribution is -0.137. The Morgan fingerprint density at radius 2 is 1.71 bits per heavy atom. The lowest BCUT2D eigenvalue weighted by atomic mass is 10.1. The molecule has 0 radical (unpaired) electrons. The zero-order chi connectivity index (χ0) is 17.9. The van der Waals surface area contributed by atoms with Crippen molar-refractivity contribution in [2.75, 3.05) is 10.6 Å². The molecule has 0 aliphatic carbocycles. The minimum atomic E-state index is -4.68. The molecular formula is C17H15F3N2O2. The van der Waals surface area contributed by atoms with Crippen LogP contribution in [0.4, 0.5) is 24.5 Å². The summed E-state index contributed by atoms with van der Waals surface area (Å²) in [5, 5.41) is 4.55. The molecule has 2 aromatic carbocycles. The summed E-state index contributed by atoms with van der Waals surface area (Å²) in [4.78, 5) is 23.2. The number of halogens is 3. The first-order chi connectivity index (χ1) is 11.2. The van der Waals surface area contributed by atoms with Gasteiger partial charge in [-0.05, 0) is 37.3 Å². The third-order valence-electron chi connectivity index (χ3n) is 3.17. The van der Waals surface area contributed by atoms with Crippen LogP contribution in [0.25, 0.3) is 0 Å². The van der Waals surface area contributed by atoms with Crippen molar-refractivity contribution in [3.05, 3.63) is 59.2 Å². The van der Waals surface area contributed by atoms with E-state index in [0.29, 0.717) is 0 Å². The minimum absolute atomic E-state index is 0.00313. The molecule has 7 heteroatoms. The molecule has 2 N–H and O–H groups in total. The van der Waals surface area contributed by atoms with Gasteiger partial charge in [-0.2, -0.15) is 13.2 Å². The maximum absolute atomic E-state index is 13.2. The molecule has 0 aliphatic rings. The average Bonchev–Trinajstić information content (AvgIpc) is 2.47. The summed E-state index contributed by atoms with van der Waals surface area (Å²) in [5.74, 6) is -1.13. The second-order valence-corrected chi connectivity index (χ2v) is 5.26. The normalized spacial score (nSPS) is 11.0. The molecular weight excluding hydrogens is 321 g/mol. The molecule has 2 rings (SSSR count). The first kappa shape index (κ1) is 17.5. The number of amides is 2. The number of alkyl halides is 3. The molecule has 2 aromatic rings. The van der Waals surface area contributed by atoms with Crippen LogP contribution < -0.4 is 10.6 Å². The first-order valence-electron chi connectivity index (χ1n) is 7.03. The Labute approximate surface area is 136 Å². The highest BCUT2D eigenvalue weighted by Crippen LogP contribution is 2.36. The van der Waals surface area contributed by atoms with Gasteiger partial charge >= 0.3 is 6.18 Å². The topological polar surface area (TPSA) is 58.2 Å². The number of nitrogens with one attached hydrogen (secondary N) is 2. The van der Waals surface area contributed by atoms with Crippen molar-refractivity contribution in [3.63, 3.8) is 0 Å². The fraction of sp³-hybridized carbons (Fsp3) is 0.176. The van der Waals surface area contributed by atoms with Crippen molar-refractivity contribution < 1.29 is 22.8 Å². The van der Waals surface area contributed by atoms with E-state index in [-0.39, 0.29) is 16.9 Å². The quantitative estimate of drug-likeness (QED) is 0.881. The van der Waals surface area contributed by atoms with Gasteiger partial charge in [0, 0.05) is 18.2 Å². The van der Waals surface area contributed by atoms with Gasteiger partial charge < -0.3 is 10.6 Å². The Hall–Kier alpha value is -2.83. The minimum Gasteiger partial charge on any atom is -0.326 e. The van der Waals surface area contributed by atoms with E-state index in [2.05, 4.69) is 10.6 Å². The van der Waals surface area contributed by atoms with E-state index < -0.39 is 23.6 Å². The van der Waals surface area contributed by atoms with Gasteiger partial charge in [-0.1, -0.05) is 17.7 Å². The number of anilines is 2. The Bertz CT molecular complexity index is 786. The van der Waals surface area contributed by atoms with Crippen LogP contribution in [-0.4, -0.2) is 11.8 Å². The van der Waals surface area contributed by atoms with Crippen LogP contribution in [0.3, 0.4) is 0 Å². The van der Waals surface area contributed by atoms with Gasteiger partial charge in [0.15, 0.2) is 0 Å². The molecule has 126 valence electrons. The fourth-order valence-electron chi connectivity index (χ4n) is 2.15. The van der Waals surface area contributed by atoms with E-state index in [1.165, 1.54) is 19.1 Å². The van der Waals surface area contributed by atoms with E-state index in [1.54, 1.807) is 25.1 Å². The number of hydrogen-bond donors (Lipinski definition) is 2. The molecule has 0 heterocycles. The van der Waals surface area contributed by atoms with Gasteiger partial charge in [0.2, 0.25) is 5.91 Å². The smallest absolute Gasteiger partial charge is 0.326 e. The largest absolute Gasteiger partial charge is 0.418 e. The van der Waals surface area contributed by atoms with Crippen molar-refractivity contribution >= 4 is 23.2 Å². The number of carbonyl (C=O) groups is 2. The van der Waals surface area contributed by atoms with Crippen LogP contribution in [0.1, 0.15) is 28.4 Å². The molecule has 0 aliphatic heterocycles. The third kappa shape index (κ3) is 4.34. The highest BCUT2D eigenvalue weighted by atomic mass is 19.4. The summed E-state index contributed by atoms with van der Waals surface area (Å²) in [6, 6.07) is 9.71. The molecule has 24 heavy (non-hydrogen) atoms. The lowest BCUT2D eigenvalue weighted by Crippen LogP contribution is -2.17. The van der Waals surface area contributed by atoms with E-state index >= 15 is 0 Å². The second-order valence-electron chi connectivity index (χ2n) is 5.26. The summed E-state index contributed by atoms with van der Waals surface area (Å²) in [7, 11) is 0. The van der Waals surface area contributed by atoms with E-state index in [4.69, 9.17) is 0 Å². The Kier molecular flexibility index (Phi) is 4.92. The highest BCUT2D eigenvalue weighted by molar-refractivity contribution is 6.05. The maximum atomic E-state index is 13.2. The van der Waals surface area contributed by atoms with Gasteiger partial charge in [-0.3, -0.25) is 9.59 Å². The van der Waals surface area contributed by atoms with Gasteiger partial charge in [0.25, 0.3) is 5.91 Å². The molecule has 4 nitrogen and oxygen atoms in total. The molecule has 0 bridgehead atoms. The highest BCUT2D eigenvalue weighted by Gasteiger charge is 2.34. The standard InChI is InChI=1S/C17H15F3N2O2/c1-10-4-3-5-12(8-10)16(24)22-15-7-6-13(21-11(2)23)9-14(15)17(18,19)20/h3-9H,1-2H3,(H,21,23)(H,22,24). The number of carbonyl (C=O) groups excluding carboxylic acids is 2. The number of rotatable bonds is 3. The monoisotopic (exact) mass is 336 g/mol. The van der Waals surface area contributed by atoms with Crippen molar-refractivity contribution in [1.29, 1.82) is 0 Å². The van der Waals surface area contributed by atoms with E-state index in [1.807, 2.05) is 0 Å². The van der Waals surface area contributed by atoms with Gasteiger partial charge in [0.05, 0.1) is 11.3 Å². The number of aryl methyl sites for hydroxylation is 1. The molecule has 0 spiro atoms. The van der Waals surface area contributed by atoms with Crippen LogP contribution in [-0.2, 0) is 11.0 Å². The zero-order valence-electron chi connectivity index (χ0n) is 13.0. The summed E-state index contributed by atoms with van der Waals surface area (Å²) in [6.45, 7) is 2.97. The molecule has 0 aromatic heterocycles. The summed E-state index contributed by atoms with van der Waals surface area (Å²) in [5.41, 5.74) is -0.324. The number of hydrogen-bond acceptors (Lipinski definition) is 2. The SMILES string of the molecule is CC(=O)Nc1ccc(NC(=O)c2cccc(C)c2)c(C(F)(F)F)c1. The van der Waals surface area contributed by atoms with Crippen molar-refractivity contribution in [3.8, 4) is 0 Å². The molecule has 0 fully saturated rings. The van der Waals surface area contributed by atoms with Gasteiger partial charge in [-0.25, -0.2) is 0 Å². The summed E-state index contributed by atoms with van der Waals surface area (Å²) < 4.78 is 39.7. The average molecular weight is 336 g/mol. The summed E-state index contributed by atoms with van der Waals surface area (Å²) >= 11 is 0. The lowest BCUT2D eigenvalue weighted by Gasteiger charge is -2.15. The van der Waals surface area contributed by atoms with Crippen LogP contribution in [0, 0.1) is 6.92 Å². The van der Waals surface area contributed by atoms with Gasteiger partial charge in [0.1, 0.15) is 0 Å². The van der Waals surface area contributed by atoms with Crippen LogP contribution >= 0.6 is 0 Å². The molecule has 0 atom stereocenters. The predicted octanol–water partition coefficient (Wildman–Crippen LogP) is 4.22. The molecule has 0 saturated carbocycles. The van der Waals surface area contributed by atoms with Crippen molar-refractivity contribution in [2.45, 2.75) is 20.0 Å². The zero-order valence-corrected chi connectivity index (χ0v) is 13.0. The van der Waals surface area contributed by atoms with Crippen LogP contribution in [0.5, 0.6) is 0 Å². The van der Waals surface area contributed by atoms with Crippen LogP contribution in [0.2, 0.25) is 0 Å². The second kappa shape index (κ2) is 6.74. The fourth-order valence-corrected chi connectivity index (χ4v) is 2.15. The van der Waals surface area contributed by atoms with Crippen molar-refractivity contribution in [1.82, 2.24) is 0 Å². The van der Waals surface area contributed by atoms with Gasteiger partial charge in [-0.15, -0.1) is 0 Å². The first-order valence-corrected chi connectivity index (χ1v) is 7.03. The predicted molar refractivity (Wildman–Crippen MR) is 84.9 cm³/mol. The Morgan fingerprint density at radius 3 is 2.29 bits per heavy atom. The van der Waals surface area contributed by atoms with Crippen LogP contribution in [0.15, 0.2) is 42.5 Å². The van der Waals surface area contributed by atoms with E-state index in [9.17, 15) is 22.8 Å². The molecule has 0 unspecified atom stereocenters. The van der Waals surface area contributed by atoms with E-state index in [0.717, 1.165) is 17.7 Å². The maximum Gasteiger partial charge on any atom is 0.418 e. The molecule has 2 amide bonds. The number of benzene rings is 2. The Morgan fingerprint density at radius 1 is 1.00 bits per heavy atom. The summed E-state index contributed by atoms with van der Waals surface area (Å²) in [6.07, 6.45) is -4.68. The van der Waals surface area contributed by atoms with Crippen molar-refractivity contribution in [2.24, 2.45) is 0 Å².